The van der Waals surface area contributed by atoms with Gasteiger partial charge in [-0.25, -0.2) is 4.57 Å². The SMILES string of the molecule is CN(C)C(=O)C[C@@H]1CO[C@@H]([n+]2cn(C)c3c(=O)[nH]c(N)nc32)[C@@H]1O. The van der Waals surface area contributed by atoms with E-state index in [4.69, 9.17) is 10.5 Å². The van der Waals surface area contributed by atoms with Crippen LogP contribution in [0.1, 0.15) is 12.6 Å². The van der Waals surface area contributed by atoms with E-state index in [0.717, 1.165) is 0 Å². The van der Waals surface area contributed by atoms with Crippen LogP contribution in [0.2, 0.25) is 0 Å². The minimum atomic E-state index is -0.896. The number of aliphatic hydroxyl groups is 1. The van der Waals surface area contributed by atoms with Crippen molar-refractivity contribution in [3.8, 4) is 0 Å². The number of nitrogens with one attached hydrogen (secondary N) is 1. The maximum atomic E-state index is 12.1. The third-order valence-corrected chi connectivity index (χ3v) is 4.26. The molecule has 0 spiro atoms. The molecule has 0 radical (unpaired) electrons. The van der Waals surface area contributed by atoms with E-state index in [1.807, 2.05) is 0 Å². The van der Waals surface area contributed by atoms with E-state index in [1.54, 1.807) is 36.6 Å². The second-order valence-corrected chi connectivity index (χ2v) is 6.22. The van der Waals surface area contributed by atoms with Gasteiger partial charge in [0.2, 0.25) is 17.7 Å². The van der Waals surface area contributed by atoms with Crippen molar-refractivity contribution in [1.29, 1.82) is 0 Å². The molecule has 1 fully saturated rings. The van der Waals surface area contributed by atoms with Gasteiger partial charge in [0.25, 0.3) is 11.5 Å². The number of nitrogen functional groups attached to an aromatic ring is 1. The molecule has 0 bridgehead atoms. The Balaban J connectivity index is 1.95. The summed E-state index contributed by atoms with van der Waals surface area (Å²) in [4.78, 5) is 32.0. The molecule has 1 saturated heterocycles. The van der Waals surface area contributed by atoms with E-state index >= 15 is 0 Å². The van der Waals surface area contributed by atoms with Crippen LogP contribution in [-0.4, -0.2) is 57.3 Å². The Morgan fingerprint density at radius 3 is 3.00 bits per heavy atom. The quantitative estimate of drug-likeness (QED) is 0.562. The van der Waals surface area contributed by atoms with Gasteiger partial charge in [0.05, 0.1) is 13.7 Å². The van der Waals surface area contributed by atoms with E-state index in [-0.39, 0.29) is 36.4 Å². The van der Waals surface area contributed by atoms with Gasteiger partial charge in [0.1, 0.15) is 6.10 Å². The molecule has 1 amide bonds. The third kappa shape index (κ3) is 2.63. The largest absolute Gasteiger partial charge is 0.386 e. The highest BCUT2D eigenvalue weighted by Gasteiger charge is 2.42. The lowest BCUT2D eigenvalue weighted by Gasteiger charge is -2.17. The van der Waals surface area contributed by atoms with Gasteiger partial charge in [-0.2, -0.15) is 0 Å². The molecule has 2 aromatic heterocycles. The van der Waals surface area contributed by atoms with Crippen LogP contribution in [-0.2, 0) is 16.6 Å². The lowest BCUT2D eigenvalue weighted by Crippen LogP contribution is -2.45. The van der Waals surface area contributed by atoms with Crippen LogP contribution in [0, 0.1) is 5.92 Å². The summed E-state index contributed by atoms with van der Waals surface area (Å²) in [5.74, 6) is -0.420. The first-order chi connectivity index (χ1) is 11.3. The van der Waals surface area contributed by atoms with Gasteiger partial charge in [-0.15, -0.1) is 0 Å². The second kappa shape index (κ2) is 5.87. The van der Waals surface area contributed by atoms with Crippen molar-refractivity contribution in [3.05, 3.63) is 16.7 Å². The predicted molar refractivity (Wildman–Crippen MR) is 83.7 cm³/mol. The third-order valence-electron chi connectivity index (χ3n) is 4.26. The minimum Gasteiger partial charge on any atom is -0.386 e. The summed E-state index contributed by atoms with van der Waals surface area (Å²) in [6.45, 7) is 0.244. The zero-order valence-corrected chi connectivity index (χ0v) is 13.8. The Bertz CT molecular complexity index is 842. The maximum Gasteiger partial charge on any atom is 0.313 e. The number of anilines is 1. The number of hydrogen-bond acceptors (Lipinski definition) is 6. The van der Waals surface area contributed by atoms with Crippen LogP contribution in [0.4, 0.5) is 5.95 Å². The summed E-state index contributed by atoms with van der Waals surface area (Å²) in [6.07, 6.45) is 0.178. The molecule has 1 aliphatic heterocycles. The molecule has 24 heavy (non-hydrogen) atoms. The number of aryl methyl sites for hydroxylation is 1. The Morgan fingerprint density at radius 2 is 2.33 bits per heavy atom. The Kier molecular flexibility index (Phi) is 4.01. The monoisotopic (exact) mass is 337 g/mol. The topological polar surface area (TPSA) is 130 Å². The molecular weight excluding hydrogens is 316 g/mol. The van der Waals surface area contributed by atoms with Gasteiger partial charge in [-0.05, 0) is 0 Å². The number of H-pyrrole nitrogens is 1. The summed E-state index contributed by atoms with van der Waals surface area (Å²) >= 11 is 0. The molecule has 3 atom stereocenters. The zero-order valence-electron chi connectivity index (χ0n) is 13.8. The van der Waals surface area contributed by atoms with Crippen molar-refractivity contribution in [2.45, 2.75) is 18.8 Å². The van der Waals surface area contributed by atoms with E-state index in [9.17, 15) is 14.7 Å². The number of fused-ring (bicyclic) bond motifs is 1. The normalized spacial score (nSPS) is 23.8. The highest BCUT2D eigenvalue weighted by molar-refractivity contribution is 5.75. The number of carbonyl (C=O) groups excluding carboxylic acids is 1. The standard InChI is InChI=1S/C14H20N6O4/c1-18(2)8(21)4-7-5-24-13(10(7)22)20-6-19(3)9-11(20)16-14(15)17-12(9)23/h6-7,10,13,22H,4-5H2,1-3H3,(H2-,15,16,17,23)/p+1/t7-,10-,13-/m1/s1. The molecule has 1 aliphatic rings. The summed E-state index contributed by atoms with van der Waals surface area (Å²) in [5, 5.41) is 10.6. The lowest BCUT2D eigenvalue weighted by molar-refractivity contribution is -0.744. The fourth-order valence-electron chi connectivity index (χ4n) is 2.94. The molecule has 0 aliphatic carbocycles. The molecular formula is C14H21N6O4+. The van der Waals surface area contributed by atoms with Gasteiger partial charge in [0, 0.05) is 26.4 Å². The van der Waals surface area contributed by atoms with Gasteiger partial charge in [-0.3, -0.25) is 19.1 Å². The molecule has 3 heterocycles. The van der Waals surface area contributed by atoms with E-state index in [0.29, 0.717) is 11.2 Å². The van der Waals surface area contributed by atoms with E-state index in [1.165, 1.54) is 4.90 Å². The zero-order chi connectivity index (χ0) is 17.6. The van der Waals surface area contributed by atoms with Crippen molar-refractivity contribution >= 4 is 23.0 Å². The Hall–Kier alpha value is -2.46. The number of imidazole rings is 1. The van der Waals surface area contributed by atoms with Gasteiger partial charge in [0.15, 0.2) is 6.33 Å². The van der Waals surface area contributed by atoms with Crippen LogP contribution < -0.4 is 15.9 Å². The van der Waals surface area contributed by atoms with Crippen LogP contribution in [0.3, 0.4) is 0 Å². The number of aromatic amines is 1. The van der Waals surface area contributed by atoms with Crippen molar-refractivity contribution in [3.63, 3.8) is 0 Å². The highest BCUT2D eigenvalue weighted by Crippen LogP contribution is 2.28. The smallest absolute Gasteiger partial charge is 0.313 e. The molecule has 0 saturated carbocycles. The van der Waals surface area contributed by atoms with Gasteiger partial charge in [-0.1, -0.05) is 4.98 Å². The summed E-state index contributed by atoms with van der Waals surface area (Å²) in [6, 6.07) is 0. The van der Waals surface area contributed by atoms with Crippen molar-refractivity contribution in [1.82, 2.24) is 19.4 Å². The fourth-order valence-corrected chi connectivity index (χ4v) is 2.94. The predicted octanol–water partition coefficient (Wildman–Crippen LogP) is -1.88. The van der Waals surface area contributed by atoms with Crippen LogP contribution >= 0.6 is 0 Å². The number of amides is 1. The van der Waals surface area contributed by atoms with Gasteiger partial charge < -0.3 is 20.5 Å². The Labute approximate surface area is 137 Å². The average Bonchev–Trinajstić information content (AvgIpc) is 3.00. The number of nitrogens with two attached hydrogens (primary N) is 1. The number of nitrogens with zero attached hydrogens (tertiary/aromatic N) is 4. The molecule has 0 unspecified atom stereocenters. The maximum absolute atomic E-state index is 12.1. The number of ether oxygens (including phenoxy) is 1. The molecule has 10 heteroatoms. The molecule has 10 nitrogen and oxygen atoms in total. The number of aromatic nitrogens is 4. The minimum absolute atomic E-state index is 0.0146. The molecule has 3 rings (SSSR count). The van der Waals surface area contributed by atoms with Crippen molar-refractivity contribution < 1.29 is 19.2 Å². The first kappa shape index (κ1) is 16.4. The number of aliphatic hydroxyl groups excluding tert-OH is 1. The number of rotatable bonds is 3. The first-order valence-corrected chi connectivity index (χ1v) is 7.55. The summed E-state index contributed by atoms with van der Waals surface area (Å²) in [7, 11) is 5.03. The fraction of sp³-hybridized carbons (Fsp3) is 0.571. The molecule has 4 N–H and O–H groups in total. The summed E-state index contributed by atoms with van der Waals surface area (Å²) in [5.41, 5.74) is 5.90. The van der Waals surface area contributed by atoms with Gasteiger partial charge >= 0.3 is 5.65 Å². The Morgan fingerprint density at radius 1 is 1.62 bits per heavy atom. The second-order valence-electron chi connectivity index (χ2n) is 6.22. The molecule has 130 valence electrons. The number of carbonyl (C=O) groups is 1. The van der Waals surface area contributed by atoms with Crippen LogP contribution in [0.25, 0.3) is 11.2 Å². The molecule has 0 aromatic carbocycles. The molecule has 2 aromatic rings. The van der Waals surface area contributed by atoms with E-state index in [2.05, 4.69) is 9.97 Å². The lowest BCUT2D eigenvalue weighted by atomic mass is 10.00. The average molecular weight is 337 g/mol. The van der Waals surface area contributed by atoms with Crippen molar-refractivity contribution in [2.24, 2.45) is 13.0 Å². The highest BCUT2D eigenvalue weighted by atomic mass is 16.5. The van der Waals surface area contributed by atoms with Crippen LogP contribution in [0.5, 0.6) is 0 Å². The van der Waals surface area contributed by atoms with Crippen molar-refractivity contribution in [2.75, 3.05) is 26.4 Å². The summed E-state index contributed by atoms with van der Waals surface area (Å²) < 4.78 is 8.85. The first-order valence-electron chi connectivity index (χ1n) is 7.55. The van der Waals surface area contributed by atoms with E-state index < -0.39 is 12.3 Å². The number of hydrogen-bond donors (Lipinski definition) is 3. The van der Waals surface area contributed by atoms with Crippen LogP contribution in [0.15, 0.2) is 11.1 Å².